The first-order valence-electron chi connectivity index (χ1n) is 9.88. The number of hydrogen-bond donors (Lipinski definition) is 0. The molecular weight excluding hydrogens is 338 g/mol. The molecule has 4 heteroatoms. The van der Waals surface area contributed by atoms with Crippen LogP contribution in [0.5, 0.6) is 11.5 Å². The van der Waals surface area contributed by atoms with Crippen LogP contribution in [0.15, 0.2) is 54.6 Å². The first-order chi connectivity index (χ1) is 13.2. The van der Waals surface area contributed by atoms with E-state index in [4.69, 9.17) is 9.47 Å². The summed E-state index contributed by atoms with van der Waals surface area (Å²) >= 11 is 0. The highest BCUT2D eigenvalue weighted by molar-refractivity contribution is 5.70. The van der Waals surface area contributed by atoms with Gasteiger partial charge in [0.2, 0.25) is 0 Å². The number of benzene rings is 2. The number of amides is 1. The van der Waals surface area contributed by atoms with Crippen LogP contribution in [0.25, 0.3) is 0 Å². The Morgan fingerprint density at radius 3 is 2.63 bits per heavy atom. The summed E-state index contributed by atoms with van der Waals surface area (Å²) in [6.07, 6.45) is 5.44. The number of carbonyl (C=O) groups is 1. The zero-order chi connectivity index (χ0) is 18.7. The Morgan fingerprint density at radius 1 is 1.04 bits per heavy atom. The normalized spacial score (nSPS) is 24.8. The van der Waals surface area contributed by atoms with Crippen molar-refractivity contribution in [1.82, 2.24) is 4.90 Å². The highest BCUT2D eigenvalue weighted by atomic mass is 16.6. The van der Waals surface area contributed by atoms with E-state index in [1.807, 2.05) is 41.3 Å². The Hall–Kier alpha value is -2.49. The molecule has 1 heterocycles. The second-order valence-corrected chi connectivity index (χ2v) is 7.71. The third kappa shape index (κ3) is 3.53. The lowest BCUT2D eigenvalue weighted by Gasteiger charge is -2.35. The number of likely N-dealkylation sites (tertiary alicyclic amines) is 1. The predicted octanol–water partition coefficient (Wildman–Crippen LogP) is 5.03. The van der Waals surface area contributed by atoms with E-state index < -0.39 is 0 Å². The van der Waals surface area contributed by atoms with E-state index in [9.17, 15) is 4.79 Å². The molecule has 0 bridgehead atoms. The van der Waals surface area contributed by atoms with Gasteiger partial charge in [0.25, 0.3) is 0 Å². The van der Waals surface area contributed by atoms with Gasteiger partial charge in [0.05, 0.1) is 7.11 Å². The van der Waals surface area contributed by atoms with Crippen LogP contribution in [0, 0.1) is 5.92 Å². The van der Waals surface area contributed by atoms with Gasteiger partial charge in [0.1, 0.15) is 11.5 Å². The average molecular weight is 365 g/mol. The van der Waals surface area contributed by atoms with Crippen LogP contribution in [0.2, 0.25) is 0 Å². The van der Waals surface area contributed by atoms with E-state index in [-0.39, 0.29) is 11.5 Å². The zero-order valence-corrected chi connectivity index (χ0v) is 15.9. The number of methoxy groups -OCH3 is 1. The number of nitrogens with zero attached hydrogens (tertiary/aromatic N) is 1. The molecule has 0 spiro atoms. The monoisotopic (exact) mass is 365 g/mol. The van der Waals surface area contributed by atoms with Gasteiger partial charge in [-0.1, -0.05) is 36.8 Å². The van der Waals surface area contributed by atoms with Crippen LogP contribution >= 0.6 is 0 Å². The van der Waals surface area contributed by atoms with Crippen molar-refractivity contribution in [3.63, 3.8) is 0 Å². The Bertz CT molecular complexity index is 791. The fourth-order valence-corrected chi connectivity index (χ4v) is 4.96. The minimum atomic E-state index is -0.227. The van der Waals surface area contributed by atoms with Crippen molar-refractivity contribution in [2.24, 2.45) is 5.92 Å². The van der Waals surface area contributed by atoms with Gasteiger partial charge in [0, 0.05) is 18.5 Å². The van der Waals surface area contributed by atoms with Gasteiger partial charge < -0.3 is 14.4 Å². The predicted molar refractivity (Wildman–Crippen MR) is 105 cm³/mol. The van der Waals surface area contributed by atoms with E-state index in [0.717, 1.165) is 38.1 Å². The van der Waals surface area contributed by atoms with Crippen molar-refractivity contribution in [1.29, 1.82) is 0 Å². The molecule has 0 aromatic heterocycles. The molecule has 2 unspecified atom stereocenters. The molecular formula is C23H27NO3. The lowest BCUT2D eigenvalue weighted by Crippen LogP contribution is -2.40. The Kier molecular flexibility index (Phi) is 5.06. The third-order valence-corrected chi connectivity index (χ3v) is 6.30. The van der Waals surface area contributed by atoms with Gasteiger partial charge in [-0.15, -0.1) is 0 Å². The quantitative estimate of drug-likeness (QED) is 0.766. The van der Waals surface area contributed by atoms with E-state index in [0.29, 0.717) is 11.7 Å². The van der Waals surface area contributed by atoms with Gasteiger partial charge in [-0.25, -0.2) is 4.79 Å². The van der Waals surface area contributed by atoms with Crippen molar-refractivity contribution >= 4 is 6.09 Å². The van der Waals surface area contributed by atoms with Crippen molar-refractivity contribution in [3.8, 4) is 11.5 Å². The number of ether oxygens (including phenoxy) is 2. The molecule has 0 radical (unpaired) electrons. The molecule has 27 heavy (non-hydrogen) atoms. The van der Waals surface area contributed by atoms with Gasteiger partial charge in [-0.05, 0) is 61.4 Å². The highest BCUT2D eigenvalue weighted by Crippen LogP contribution is 2.51. The van der Waals surface area contributed by atoms with Crippen LogP contribution in [0.1, 0.15) is 37.7 Å². The number of rotatable bonds is 3. The molecule has 2 fully saturated rings. The maximum absolute atomic E-state index is 12.7. The Balaban J connectivity index is 1.54. The maximum Gasteiger partial charge on any atom is 0.415 e. The van der Waals surface area contributed by atoms with Gasteiger partial charge in [-0.3, -0.25) is 0 Å². The average Bonchev–Trinajstić information content (AvgIpc) is 3.02. The van der Waals surface area contributed by atoms with Crippen molar-refractivity contribution < 1.29 is 14.3 Å². The molecule has 1 saturated carbocycles. The molecule has 2 aliphatic rings. The lowest BCUT2D eigenvalue weighted by atomic mass is 9.69. The molecule has 0 N–H and O–H groups in total. The number of carbonyl (C=O) groups excluding carboxylic acids is 1. The smallest absolute Gasteiger partial charge is 0.415 e. The van der Waals surface area contributed by atoms with Crippen molar-refractivity contribution in [2.45, 2.75) is 37.5 Å². The number of fused-ring (bicyclic) bond motifs is 1. The van der Waals surface area contributed by atoms with Crippen molar-refractivity contribution in [3.05, 3.63) is 60.2 Å². The maximum atomic E-state index is 12.7. The first kappa shape index (κ1) is 17.9. The second kappa shape index (κ2) is 7.63. The molecule has 1 amide bonds. The van der Waals surface area contributed by atoms with Crippen LogP contribution in [-0.2, 0) is 5.41 Å². The molecule has 2 aromatic rings. The topological polar surface area (TPSA) is 38.8 Å². The summed E-state index contributed by atoms with van der Waals surface area (Å²) in [5.74, 6) is 1.99. The molecule has 1 aliphatic carbocycles. The molecule has 4 nitrogen and oxygen atoms in total. The zero-order valence-electron chi connectivity index (χ0n) is 15.9. The largest absolute Gasteiger partial charge is 0.497 e. The van der Waals surface area contributed by atoms with Crippen LogP contribution < -0.4 is 9.47 Å². The molecule has 1 aliphatic heterocycles. The second-order valence-electron chi connectivity index (χ2n) is 7.71. The Labute approximate surface area is 161 Å². The van der Waals surface area contributed by atoms with Gasteiger partial charge in [-0.2, -0.15) is 0 Å². The minimum absolute atomic E-state index is 0.149. The standard InChI is InChI=1S/C23H27NO3/c1-26-21-12-5-8-18(16-21)23-13-6-9-19(23)17-24(15-7-14-23)22(25)27-20-10-3-2-4-11-20/h2-5,8,10-12,16,19H,6-7,9,13-15,17H2,1H3. The number of hydrogen-bond acceptors (Lipinski definition) is 3. The summed E-state index contributed by atoms with van der Waals surface area (Å²) in [5, 5.41) is 0. The molecule has 1 saturated heterocycles. The van der Waals surface area contributed by atoms with Crippen LogP contribution in [0.4, 0.5) is 4.79 Å². The van der Waals surface area contributed by atoms with E-state index in [1.165, 1.54) is 18.4 Å². The van der Waals surface area contributed by atoms with Crippen LogP contribution in [-0.4, -0.2) is 31.2 Å². The van der Waals surface area contributed by atoms with E-state index >= 15 is 0 Å². The summed E-state index contributed by atoms with van der Waals surface area (Å²) in [4.78, 5) is 14.6. The van der Waals surface area contributed by atoms with Crippen molar-refractivity contribution in [2.75, 3.05) is 20.2 Å². The number of para-hydroxylation sites is 1. The molecule has 2 aromatic carbocycles. The minimum Gasteiger partial charge on any atom is -0.497 e. The first-order valence-corrected chi connectivity index (χ1v) is 9.88. The summed E-state index contributed by atoms with van der Waals surface area (Å²) in [6.45, 7) is 1.52. The van der Waals surface area contributed by atoms with Crippen LogP contribution in [0.3, 0.4) is 0 Å². The summed E-state index contributed by atoms with van der Waals surface area (Å²) < 4.78 is 11.1. The molecule has 2 atom stereocenters. The van der Waals surface area contributed by atoms with Gasteiger partial charge >= 0.3 is 6.09 Å². The third-order valence-electron chi connectivity index (χ3n) is 6.30. The summed E-state index contributed by atoms with van der Waals surface area (Å²) in [5.41, 5.74) is 1.51. The highest BCUT2D eigenvalue weighted by Gasteiger charge is 2.46. The fraction of sp³-hybridized carbons (Fsp3) is 0.435. The van der Waals surface area contributed by atoms with E-state index in [1.54, 1.807) is 7.11 Å². The fourth-order valence-electron chi connectivity index (χ4n) is 4.96. The molecule has 142 valence electrons. The summed E-state index contributed by atoms with van der Waals surface area (Å²) in [7, 11) is 1.72. The lowest BCUT2D eigenvalue weighted by molar-refractivity contribution is 0.144. The molecule has 4 rings (SSSR count). The SMILES string of the molecule is COc1cccc(C23CCCC2CN(C(=O)Oc2ccccc2)CCC3)c1. The van der Waals surface area contributed by atoms with E-state index in [2.05, 4.69) is 18.2 Å². The van der Waals surface area contributed by atoms with Gasteiger partial charge in [0.15, 0.2) is 0 Å². The summed E-state index contributed by atoms with van der Waals surface area (Å²) in [6, 6.07) is 17.9. The Morgan fingerprint density at radius 2 is 1.81 bits per heavy atom.